The number of hydrogen-bond donors (Lipinski definition) is 0. The molecule has 102 valence electrons. The molecule has 0 atom stereocenters. The molecule has 1 aromatic rings. The maximum Gasteiger partial charge on any atom is -0.0101 e. The van der Waals surface area contributed by atoms with Crippen LogP contribution >= 0.6 is 0 Å². The Hall–Kier alpha value is -0.780. The molecule has 0 aliphatic carbocycles. The van der Waals surface area contributed by atoms with E-state index in [9.17, 15) is 0 Å². The SMILES string of the molecule is CCC(C)(C)c1ccc(C(C)(C)CC(C)C)cc1. The highest BCUT2D eigenvalue weighted by Gasteiger charge is 2.23. The monoisotopic (exact) mass is 246 g/mol. The van der Waals surface area contributed by atoms with Crippen LogP contribution in [0.25, 0.3) is 0 Å². The van der Waals surface area contributed by atoms with Gasteiger partial charge in [-0.05, 0) is 40.7 Å². The molecular formula is C18H30. The number of rotatable bonds is 5. The Morgan fingerprint density at radius 2 is 1.22 bits per heavy atom. The third-order valence-corrected chi connectivity index (χ3v) is 4.25. The van der Waals surface area contributed by atoms with Gasteiger partial charge in [-0.15, -0.1) is 0 Å². The Balaban J connectivity index is 2.96. The van der Waals surface area contributed by atoms with Gasteiger partial charge in [0.15, 0.2) is 0 Å². The molecule has 18 heavy (non-hydrogen) atoms. The summed E-state index contributed by atoms with van der Waals surface area (Å²) in [5.41, 5.74) is 3.49. The molecular weight excluding hydrogens is 216 g/mol. The molecule has 1 aromatic carbocycles. The fourth-order valence-corrected chi connectivity index (χ4v) is 2.72. The first kappa shape index (κ1) is 15.3. The van der Waals surface area contributed by atoms with Gasteiger partial charge in [0.05, 0.1) is 0 Å². The lowest BCUT2D eigenvalue weighted by atomic mass is 9.76. The summed E-state index contributed by atoms with van der Waals surface area (Å²) >= 11 is 0. The molecule has 0 heteroatoms. The smallest absolute Gasteiger partial charge is 0.0101 e. The van der Waals surface area contributed by atoms with Gasteiger partial charge < -0.3 is 0 Å². The van der Waals surface area contributed by atoms with Crippen molar-refractivity contribution < 1.29 is 0 Å². The van der Waals surface area contributed by atoms with Crippen molar-refractivity contribution in [2.75, 3.05) is 0 Å². The minimum atomic E-state index is 0.281. The molecule has 0 unspecified atom stereocenters. The third kappa shape index (κ3) is 3.60. The zero-order valence-electron chi connectivity index (χ0n) is 13.3. The summed E-state index contributed by atoms with van der Waals surface area (Å²) in [6.07, 6.45) is 2.42. The van der Waals surface area contributed by atoms with Crippen LogP contribution < -0.4 is 0 Å². The average molecular weight is 246 g/mol. The van der Waals surface area contributed by atoms with Crippen molar-refractivity contribution in [3.05, 3.63) is 35.4 Å². The van der Waals surface area contributed by atoms with Crippen LogP contribution in [0.1, 0.15) is 72.4 Å². The van der Waals surface area contributed by atoms with Gasteiger partial charge in [-0.2, -0.15) is 0 Å². The zero-order valence-corrected chi connectivity index (χ0v) is 13.3. The molecule has 0 N–H and O–H groups in total. The van der Waals surface area contributed by atoms with Crippen molar-refractivity contribution in [3.63, 3.8) is 0 Å². The first-order chi connectivity index (χ1) is 8.19. The molecule has 1 rings (SSSR count). The van der Waals surface area contributed by atoms with E-state index in [0.29, 0.717) is 5.41 Å². The van der Waals surface area contributed by atoms with Gasteiger partial charge >= 0.3 is 0 Å². The second-order valence-corrected chi connectivity index (χ2v) is 7.30. The van der Waals surface area contributed by atoms with Gasteiger partial charge in [0.25, 0.3) is 0 Å². The lowest BCUT2D eigenvalue weighted by molar-refractivity contribution is 0.399. The van der Waals surface area contributed by atoms with E-state index in [1.807, 2.05) is 0 Å². The zero-order chi connectivity index (χ0) is 14.0. The van der Waals surface area contributed by atoms with Gasteiger partial charge in [-0.1, -0.05) is 72.7 Å². The standard InChI is InChI=1S/C18H30/c1-8-17(4,5)15-9-11-16(12-10-15)18(6,7)13-14(2)3/h9-12,14H,8,13H2,1-7H3. The van der Waals surface area contributed by atoms with E-state index in [1.165, 1.54) is 24.0 Å². The topological polar surface area (TPSA) is 0 Å². The second-order valence-electron chi connectivity index (χ2n) is 7.30. The molecule has 0 aliphatic rings. The fraction of sp³-hybridized carbons (Fsp3) is 0.667. The van der Waals surface area contributed by atoms with E-state index in [2.05, 4.69) is 72.7 Å². The predicted molar refractivity (Wildman–Crippen MR) is 82.2 cm³/mol. The van der Waals surface area contributed by atoms with E-state index in [-0.39, 0.29) is 5.41 Å². The van der Waals surface area contributed by atoms with Crippen molar-refractivity contribution in [1.29, 1.82) is 0 Å². The minimum Gasteiger partial charge on any atom is -0.0646 e. The molecule has 0 spiro atoms. The molecule has 0 amide bonds. The van der Waals surface area contributed by atoms with E-state index in [0.717, 1.165) is 5.92 Å². The van der Waals surface area contributed by atoms with Crippen LogP contribution in [0.2, 0.25) is 0 Å². The first-order valence-corrected chi connectivity index (χ1v) is 7.30. The van der Waals surface area contributed by atoms with Crippen LogP contribution in [0.5, 0.6) is 0 Å². The van der Waals surface area contributed by atoms with Crippen LogP contribution in [0.15, 0.2) is 24.3 Å². The van der Waals surface area contributed by atoms with Crippen molar-refractivity contribution in [2.45, 2.75) is 72.1 Å². The van der Waals surface area contributed by atoms with E-state index in [4.69, 9.17) is 0 Å². The van der Waals surface area contributed by atoms with E-state index in [1.54, 1.807) is 0 Å². The van der Waals surface area contributed by atoms with Gasteiger partial charge in [-0.3, -0.25) is 0 Å². The lowest BCUT2D eigenvalue weighted by Crippen LogP contribution is -2.21. The van der Waals surface area contributed by atoms with Crippen LogP contribution in [0.3, 0.4) is 0 Å². The fourth-order valence-electron chi connectivity index (χ4n) is 2.72. The molecule has 0 saturated heterocycles. The van der Waals surface area contributed by atoms with Crippen molar-refractivity contribution in [1.82, 2.24) is 0 Å². The van der Waals surface area contributed by atoms with Crippen molar-refractivity contribution >= 4 is 0 Å². The summed E-state index contributed by atoms with van der Waals surface area (Å²) in [6, 6.07) is 9.30. The van der Waals surface area contributed by atoms with Crippen molar-refractivity contribution in [3.8, 4) is 0 Å². The molecule has 0 bridgehead atoms. The Bertz CT molecular complexity index is 366. The number of benzene rings is 1. The van der Waals surface area contributed by atoms with E-state index < -0.39 is 0 Å². The molecule has 0 radical (unpaired) electrons. The van der Waals surface area contributed by atoms with Crippen LogP contribution in [-0.2, 0) is 10.8 Å². The number of hydrogen-bond acceptors (Lipinski definition) is 0. The molecule has 0 fully saturated rings. The molecule has 0 nitrogen and oxygen atoms in total. The summed E-state index contributed by atoms with van der Waals surface area (Å²) in [6.45, 7) is 16.2. The van der Waals surface area contributed by atoms with Crippen LogP contribution in [0, 0.1) is 5.92 Å². The Morgan fingerprint density at radius 1 is 0.833 bits per heavy atom. The van der Waals surface area contributed by atoms with E-state index >= 15 is 0 Å². The van der Waals surface area contributed by atoms with Crippen molar-refractivity contribution in [2.24, 2.45) is 5.92 Å². The minimum absolute atomic E-state index is 0.281. The Morgan fingerprint density at radius 3 is 1.56 bits per heavy atom. The summed E-state index contributed by atoms with van der Waals surface area (Å²) in [5.74, 6) is 0.742. The third-order valence-electron chi connectivity index (χ3n) is 4.25. The Labute approximate surface area is 114 Å². The van der Waals surface area contributed by atoms with Gasteiger partial charge in [0.2, 0.25) is 0 Å². The van der Waals surface area contributed by atoms with Gasteiger partial charge in [-0.25, -0.2) is 0 Å². The highest BCUT2D eigenvalue weighted by molar-refractivity contribution is 5.31. The van der Waals surface area contributed by atoms with Gasteiger partial charge in [0.1, 0.15) is 0 Å². The lowest BCUT2D eigenvalue weighted by Gasteiger charge is -2.29. The molecule has 0 aliphatic heterocycles. The summed E-state index contributed by atoms with van der Waals surface area (Å²) in [4.78, 5) is 0. The first-order valence-electron chi connectivity index (χ1n) is 7.30. The second kappa shape index (κ2) is 5.47. The predicted octanol–water partition coefficient (Wildman–Crippen LogP) is 5.70. The molecule has 0 heterocycles. The maximum atomic E-state index is 2.35. The Kier molecular flexibility index (Phi) is 4.64. The molecule has 0 saturated carbocycles. The van der Waals surface area contributed by atoms with Gasteiger partial charge in [0, 0.05) is 0 Å². The summed E-state index contributed by atoms with van der Waals surface area (Å²) < 4.78 is 0. The summed E-state index contributed by atoms with van der Waals surface area (Å²) in [7, 11) is 0. The van der Waals surface area contributed by atoms with Crippen LogP contribution in [-0.4, -0.2) is 0 Å². The quantitative estimate of drug-likeness (QED) is 0.625. The van der Waals surface area contributed by atoms with Crippen LogP contribution in [0.4, 0.5) is 0 Å². The highest BCUT2D eigenvalue weighted by atomic mass is 14.3. The maximum absolute atomic E-state index is 2.35. The highest BCUT2D eigenvalue weighted by Crippen LogP contribution is 2.33. The summed E-state index contributed by atoms with van der Waals surface area (Å²) in [5, 5.41) is 0. The average Bonchev–Trinajstić information content (AvgIpc) is 2.27. The molecule has 0 aromatic heterocycles. The largest absolute Gasteiger partial charge is 0.0646 e. The normalized spacial score (nSPS) is 13.1.